The average molecular weight is 235 g/mol. The van der Waals surface area contributed by atoms with Crippen molar-refractivity contribution in [2.45, 2.75) is 13.8 Å². The first-order valence-electron chi connectivity index (χ1n) is 5.09. The van der Waals surface area contributed by atoms with Crippen LogP contribution in [0, 0.1) is 6.92 Å². The Labute approximate surface area is 102 Å². The van der Waals surface area contributed by atoms with Crippen LogP contribution in [-0.4, -0.2) is 11.7 Å². The van der Waals surface area contributed by atoms with Crippen molar-refractivity contribution in [1.29, 1.82) is 0 Å². The van der Waals surface area contributed by atoms with Gasteiger partial charge >= 0.3 is 0 Å². The average Bonchev–Trinajstić information content (AvgIpc) is 2.25. The Bertz CT molecular complexity index is 370. The van der Waals surface area contributed by atoms with E-state index in [4.69, 9.17) is 12.2 Å². The second-order valence-electron chi connectivity index (χ2n) is 3.76. The third-order valence-electron chi connectivity index (χ3n) is 1.92. The van der Waals surface area contributed by atoms with Gasteiger partial charge in [0.2, 0.25) is 0 Å². The van der Waals surface area contributed by atoms with Gasteiger partial charge in [0.25, 0.3) is 0 Å². The Balaban J connectivity index is 2.31. The Hall–Kier alpha value is -1.55. The number of rotatable bonds is 4. The standard InChI is InChI=1S/C12H17N3S/c1-9(2)8-13-12(16)15-14-11-6-4-10(3)5-7-11/h4-7,14H,1,8H2,2-3H3,(H2,13,15,16). The predicted molar refractivity (Wildman–Crippen MR) is 73.4 cm³/mol. The van der Waals surface area contributed by atoms with Crippen molar-refractivity contribution < 1.29 is 0 Å². The van der Waals surface area contributed by atoms with E-state index in [0.29, 0.717) is 11.7 Å². The van der Waals surface area contributed by atoms with Gasteiger partial charge in [0, 0.05) is 6.54 Å². The van der Waals surface area contributed by atoms with Crippen molar-refractivity contribution in [2.75, 3.05) is 12.0 Å². The Morgan fingerprint density at radius 1 is 1.31 bits per heavy atom. The second kappa shape index (κ2) is 6.12. The van der Waals surface area contributed by atoms with Crippen LogP contribution in [0.5, 0.6) is 0 Å². The van der Waals surface area contributed by atoms with Crippen LogP contribution in [0.4, 0.5) is 5.69 Å². The number of nitrogens with one attached hydrogen (secondary N) is 3. The third kappa shape index (κ3) is 4.79. The number of benzene rings is 1. The quantitative estimate of drug-likeness (QED) is 0.425. The van der Waals surface area contributed by atoms with E-state index in [9.17, 15) is 0 Å². The van der Waals surface area contributed by atoms with Crippen LogP contribution in [0.3, 0.4) is 0 Å². The summed E-state index contributed by atoms with van der Waals surface area (Å²) in [5.41, 5.74) is 9.16. The first kappa shape index (κ1) is 12.5. The predicted octanol–water partition coefficient (Wildman–Crippen LogP) is 2.36. The molecular weight excluding hydrogens is 218 g/mol. The molecule has 0 aliphatic carbocycles. The molecule has 16 heavy (non-hydrogen) atoms. The highest BCUT2D eigenvalue weighted by molar-refractivity contribution is 7.80. The fraction of sp³-hybridized carbons (Fsp3) is 0.250. The summed E-state index contributed by atoms with van der Waals surface area (Å²) in [6.45, 7) is 8.47. The van der Waals surface area contributed by atoms with Gasteiger partial charge in [-0.15, -0.1) is 0 Å². The summed E-state index contributed by atoms with van der Waals surface area (Å²) in [4.78, 5) is 0. The molecule has 0 saturated heterocycles. The fourth-order valence-corrected chi connectivity index (χ4v) is 1.16. The smallest absolute Gasteiger partial charge is 0.185 e. The molecule has 0 aliphatic rings. The molecule has 3 N–H and O–H groups in total. The molecular formula is C12H17N3S. The van der Waals surface area contributed by atoms with Crippen LogP contribution in [0.25, 0.3) is 0 Å². The largest absolute Gasteiger partial charge is 0.358 e. The molecule has 0 bridgehead atoms. The molecule has 0 saturated carbocycles. The van der Waals surface area contributed by atoms with E-state index in [1.54, 1.807) is 0 Å². The lowest BCUT2D eigenvalue weighted by atomic mass is 10.2. The van der Waals surface area contributed by atoms with Gasteiger partial charge in [0.15, 0.2) is 5.11 Å². The molecule has 0 aromatic heterocycles. The second-order valence-corrected chi connectivity index (χ2v) is 4.16. The molecule has 1 rings (SSSR count). The molecule has 0 unspecified atom stereocenters. The van der Waals surface area contributed by atoms with E-state index >= 15 is 0 Å². The summed E-state index contributed by atoms with van der Waals surface area (Å²) in [5, 5.41) is 3.58. The molecule has 0 spiro atoms. The van der Waals surface area contributed by atoms with Gasteiger partial charge in [-0.2, -0.15) is 0 Å². The third-order valence-corrected chi connectivity index (χ3v) is 2.17. The Morgan fingerprint density at radius 2 is 1.94 bits per heavy atom. The summed E-state index contributed by atoms with van der Waals surface area (Å²) in [6.07, 6.45) is 0. The zero-order valence-corrected chi connectivity index (χ0v) is 10.4. The maximum atomic E-state index is 5.07. The molecule has 4 heteroatoms. The van der Waals surface area contributed by atoms with Gasteiger partial charge in [0.1, 0.15) is 0 Å². The van der Waals surface area contributed by atoms with Gasteiger partial charge < -0.3 is 5.32 Å². The van der Waals surface area contributed by atoms with Crippen molar-refractivity contribution in [3.05, 3.63) is 42.0 Å². The highest BCUT2D eigenvalue weighted by Gasteiger charge is 1.94. The maximum absolute atomic E-state index is 5.07. The lowest BCUT2D eigenvalue weighted by molar-refractivity contribution is 0.944. The van der Waals surface area contributed by atoms with E-state index in [0.717, 1.165) is 11.3 Å². The lowest BCUT2D eigenvalue weighted by Gasteiger charge is -2.12. The zero-order valence-electron chi connectivity index (χ0n) is 9.63. The number of thiocarbonyl (C=S) groups is 1. The normalized spacial score (nSPS) is 9.38. The van der Waals surface area contributed by atoms with Crippen LogP contribution in [-0.2, 0) is 0 Å². The van der Waals surface area contributed by atoms with Gasteiger partial charge in [-0.05, 0) is 38.2 Å². The van der Waals surface area contributed by atoms with Crippen LogP contribution < -0.4 is 16.2 Å². The van der Waals surface area contributed by atoms with E-state index in [-0.39, 0.29) is 0 Å². The maximum Gasteiger partial charge on any atom is 0.185 e. The van der Waals surface area contributed by atoms with Crippen LogP contribution in [0.2, 0.25) is 0 Å². The highest BCUT2D eigenvalue weighted by Crippen LogP contribution is 2.06. The van der Waals surface area contributed by atoms with Crippen molar-refractivity contribution >= 4 is 23.0 Å². The number of hydrogen-bond donors (Lipinski definition) is 3. The van der Waals surface area contributed by atoms with Crippen molar-refractivity contribution in [3.63, 3.8) is 0 Å². The van der Waals surface area contributed by atoms with Crippen LogP contribution >= 0.6 is 12.2 Å². The number of anilines is 1. The molecule has 86 valence electrons. The minimum atomic E-state index is 0.559. The van der Waals surface area contributed by atoms with E-state index < -0.39 is 0 Å². The van der Waals surface area contributed by atoms with E-state index in [1.165, 1.54) is 5.56 Å². The van der Waals surface area contributed by atoms with Gasteiger partial charge in [-0.25, -0.2) is 0 Å². The molecule has 0 aliphatic heterocycles. The molecule has 0 fully saturated rings. The van der Waals surface area contributed by atoms with Crippen molar-refractivity contribution in [2.24, 2.45) is 0 Å². The minimum Gasteiger partial charge on any atom is -0.358 e. The number of aryl methyl sites for hydroxylation is 1. The van der Waals surface area contributed by atoms with Crippen molar-refractivity contribution in [1.82, 2.24) is 10.7 Å². The van der Waals surface area contributed by atoms with Crippen LogP contribution in [0.15, 0.2) is 36.4 Å². The molecule has 0 heterocycles. The molecule has 1 aromatic rings. The molecule has 1 aromatic carbocycles. The van der Waals surface area contributed by atoms with Crippen molar-refractivity contribution in [3.8, 4) is 0 Å². The Kier molecular flexibility index (Phi) is 4.79. The summed E-state index contributed by atoms with van der Waals surface area (Å²) in [6, 6.07) is 8.05. The molecule has 3 nitrogen and oxygen atoms in total. The Morgan fingerprint density at radius 3 is 2.50 bits per heavy atom. The number of hydrogen-bond acceptors (Lipinski definition) is 2. The lowest BCUT2D eigenvalue weighted by Crippen LogP contribution is -2.39. The summed E-state index contributed by atoms with van der Waals surface area (Å²) < 4.78 is 0. The van der Waals surface area contributed by atoms with Gasteiger partial charge in [-0.1, -0.05) is 29.8 Å². The summed E-state index contributed by atoms with van der Waals surface area (Å²) in [5.74, 6) is 0. The van der Waals surface area contributed by atoms with Crippen LogP contribution in [0.1, 0.15) is 12.5 Å². The topological polar surface area (TPSA) is 36.1 Å². The number of hydrazine groups is 1. The molecule has 0 amide bonds. The summed E-state index contributed by atoms with van der Waals surface area (Å²) >= 11 is 5.07. The van der Waals surface area contributed by atoms with E-state index in [1.807, 2.05) is 31.2 Å². The monoisotopic (exact) mass is 235 g/mol. The SMILES string of the molecule is C=C(C)CNC(=S)NNc1ccc(C)cc1. The zero-order chi connectivity index (χ0) is 12.0. The minimum absolute atomic E-state index is 0.559. The molecule has 0 radical (unpaired) electrons. The molecule has 0 atom stereocenters. The highest BCUT2D eigenvalue weighted by atomic mass is 32.1. The first-order chi connectivity index (χ1) is 7.58. The van der Waals surface area contributed by atoms with Gasteiger partial charge in [0.05, 0.1) is 5.69 Å². The first-order valence-corrected chi connectivity index (χ1v) is 5.49. The van der Waals surface area contributed by atoms with Gasteiger partial charge in [-0.3, -0.25) is 10.9 Å². The van der Waals surface area contributed by atoms with E-state index in [2.05, 4.69) is 29.7 Å². The summed E-state index contributed by atoms with van der Waals surface area (Å²) in [7, 11) is 0. The fourth-order valence-electron chi connectivity index (χ4n) is 1.04.